The van der Waals surface area contributed by atoms with Gasteiger partial charge in [-0.2, -0.15) is 5.10 Å². The molecule has 0 bridgehead atoms. The highest BCUT2D eigenvalue weighted by Crippen LogP contribution is 2.32. The topological polar surface area (TPSA) is 54.3 Å². The number of aromatic nitrogens is 3. The van der Waals surface area contributed by atoms with Crippen LogP contribution < -0.4 is 0 Å². The van der Waals surface area contributed by atoms with Crippen LogP contribution in [0.4, 0.5) is 0 Å². The van der Waals surface area contributed by atoms with Crippen molar-refractivity contribution in [2.45, 2.75) is 39.7 Å². The van der Waals surface area contributed by atoms with Crippen LogP contribution >= 0.6 is 0 Å². The van der Waals surface area contributed by atoms with Gasteiger partial charge in [0.25, 0.3) is 5.91 Å². The lowest BCUT2D eigenvalue weighted by Crippen LogP contribution is -2.37. The molecule has 0 saturated heterocycles. The fourth-order valence-electron chi connectivity index (χ4n) is 5.21. The van der Waals surface area contributed by atoms with Crippen LogP contribution in [0.2, 0.25) is 0 Å². The van der Waals surface area contributed by atoms with E-state index in [1.54, 1.807) is 4.68 Å². The van der Waals surface area contributed by atoms with Crippen LogP contribution in [0.25, 0.3) is 22.2 Å². The molecule has 0 spiro atoms. The molecular weight excluding hydrogens is 446 g/mol. The van der Waals surface area contributed by atoms with Crippen molar-refractivity contribution in [1.82, 2.24) is 24.6 Å². The molecule has 2 aromatic carbocycles. The van der Waals surface area contributed by atoms with Crippen LogP contribution in [0.3, 0.4) is 0 Å². The monoisotopic (exact) mass is 481 g/mol. The van der Waals surface area contributed by atoms with Crippen LogP contribution in [-0.4, -0.2) is 57.7 Å². The normalized spacial score (nSPS) is 12.9. The molecule has 186 valence electrons. The number of fused-ring (bicyclic) bond motifs is 2. The minimum absolute atomic E-state index is 0.0100. The first-order chi connectivity index (χ1) is 17.3. The SMILES string of the molecule is Cc1cccc(-c2nc3cc4c(cc3cc2CN(CCN(C)C)C(=O)c2cc(C)nn2C)CCC4)c1. The Bertz CT molecular complexity index is 1440. The smallest absolute Gasteiger partial charge is 0.272 e. The number of amides is 1. The predicted molar refractivity (Wildman–Crippen MR) is 145 cm³/mol. The Morgan fingerprint density at radius 1 is 1.00 bits per heavy atom. The molecule has 1 amide bonds. The minimum atomic E-state index is -0.0100. The average Bonchev–Trinajstić information content (AvgIpc) is 3.43. The van der Waals surface area contributed by atoms with Gasteiger partial charge in [-0.3, -0.25) is 9.48 Å². The van der Waals surface area contributed by atoms with Gasteiger partial charge in [0, 0.05) is 37.6 Å². The van der Waals surface area contributed by atoms with E-state index >= 15 is 0 Å². The van der Waals surface area contributed by atoms with Crippen molar-refractivity contribution < 1.29 is 4.79 Å². The van der Waals surface area contributed by atoms with Gasteiger partial charge in [-0.05, 0) is 94.2 Å². The third-order valence-corrected chi connectivity index (χ3v) is 7.09. The first-order valence-corrected chi connectivity index (χ1v) is 12.8. The fourth-order valence-corrected chi connectivity index (χ4v) is 5.21. The molecule has 0 atom stereocenters. The molecule has 6 heteroatoms. The van der Waals surface area contributed by atoms with Gasteiger partial charge in [0.15, 0.2) is 0 Å². The van der Waals surface area contributed by atoms with E-state index in [0.717, 1.165) is 52.8 Å². The molecule has 0 N–H and O–H groups in total. The molecule has 5 rings (SSSR count). The highest BCUT2D eigenvalue weighted by molar-refractivity contribution is 5.93. The summed E-state index contributed by atoms with van der Waals surface area (Å²) in [6.07, 6.45) is 3.47. The zero-order valence-electron chi connectivity index (χ0n) is 22.0. The number of rotatable bonds is 7. The van der Waals surface area contributed by atoms with Gasteiger partial charge in [0.05, 0.1) is 16.9 Å². The first-order valence-electron chi connectivity index (χ1n) is 12.8. The average molecular weight is 482 g/mol. The molecule has 36 heavy (non-hydrogen) atoms. The van der Waals surface area contributed by atoms with Crippen molar-refractivity contribution in [3.63, 3.8) is 0 Å². The van der Waals surface area contributed by atoms with Gasteiger partial charge in [-0.1, -0.05) is 23.8 Å². The zero-order chi connectivity index (χ0) is 25.4. The number of likely N-dealkylation sites (N-methyl/N-ethyl adjacent to an activating group) is 1. The number of pyridine rings is 1. The van der Waals surface area contributed by atoms with Crippen molar-refractivity contribution in [2.75, 3.05) is 27.2 Å². The van der Waals surface area contributed by atoms with Gasteiger partial charge >= 0.3 is 0 Å². The summed E-state index contributed by atoms with van der Waals surface area (Å²) in [5, 5.41) is 5.56. The Morgan fingerprint density at radius 2 is 1.78 bits per heavy atom. The third kappa shape index (κ3) is 4.91. The van der Waals surface area contributed by atoms with Gasteiger partial charge in [-0.25, -0.2) is 4.98 Å². The Labute approximate surface area is 213 Å². The van der Waals surface area contributed by atoms with Crippen molar-refractivity contribution in [3.8, 4) is 11.3 Å². The van der Waals surface area contributed by atoms with Gasteiger partial charge in [0.2, 0.25) is 0 Å². The lowest BCUT2D eigenvalue weighted by Gasteiger charge is -2.26. The van der Waals surface area contributed by atoms with E-state index in [-0.39, 0.29) is 5.91 Å². The predicted octanol–water partition coefficient (Wildman–Crippen LogP) is 4.94. The molecule has 0 unspecified atom stereocenters. The summed E-state index contributed by atoms with van der Waals surface area (Å²) < 4.78 is 1.68. The van der Waals surface area contributed by atoms with E-state index in [1.165, 1.54) is 23.1 Å². The van der Waals surface area contributed by atoms with E-state index in [9.17, 15) is 4.79 Å². The van der Waals surface area contributed by atoms with Crippen LogP contribution in [0.15, 0.2) is 48.5 Å². The number of nitrogens with zero attached hydrogens (tertiary/aromatic N) is 5. The Kier molecular flexibility index (Phi) is 6.63. The third-order valence-electron chi connectivity index (χ3n) is 7.09. The van der Waals surface area contributed by atoms with E-state index in [2.05, 4.69) is 59.4 Å². The van der Waals surface area contributed by atoms with E-state index < -0.39 is 0 Å². The molecule has 2 aromatic heterocycles. The van der Waals surface area contributed by atoms with Crippen LogP contribution in [0.1, 0.15) is 44.9 Å². The molecule has 6 nitrogen and oxygen atoms in total. The second kappa shape index (κ2) is 9.86. The summed E-state index contributed by atoms with van der Waals surface area (Å²) >= 11 is 0. The molecule has 1 aliphatic carbocycles. The van der Waals surface area contributed by atoms with E-state index in [0.29, 0.717) is 18.8 Å². The van der Waals surface area contributed by atoms with E-state index in [1.807, 2.05) is 39.0 Å². The number of aryl methyl sites for hydroxylation is 5. The second-order valence-electron chi connectivity index (χ2n) is 10.4. The van der Waals surface area contributed by atoms with Crippen molar-refractivity contribution >= 4 is 16.8 Å². The van der Waals surface area contributed by atoms with Crippen molar-refractivity contribution in [2.24, 2.45) is 7.05 Å². The summed E-state index contributed by atoms with van der Waals surface area (Å²) in [4.78, 5) is 23.0. The first kappa shape index (κ1) is 24.2. The molecule has 0 radical (unpaired) electrons. The lowest BCUT2D eigenvalue weighted by molar-refractivity contribution is 0.0721. The summed E-state index contributed by atoms with van der Waals surface area (Å²) in [6, 6.07) is 17.2. The molecule has 0 aliphatic heterocycles. The van der Waals surface area contributed by atoms with Gasteiger partial charge < -0.3 is 9.80 Å². The van der Waals surface area contributed by atoms with Crippen LogP contribution in [0.5, 0.6) is 0 Å². The van der Waals surface area contributed by atoms with Gasteiger partial charge in [0.1, 0.15) is 5.69 Å². The second-order valence-corrected chi connectivity index (χ2v) is 10.4. The molecule has 2 heterocycles. The van der Waals surface area contributed by atoms with Gasteiger partial charge in [-0.15, -0.1) is 0 Å². The molecule has 1 aliphatic rings. The number of hydrogen-bond acceptors (Lipinski definition) is 4. The lowest BCUT2D eigenvalue weighted by atomic mass is 9.99. The van der Waals surface area contributed by atoms with Crippen molar-refractivity contribution in [1.29, 1.82) is 0 Å². The summed E-state index contributed by atoms with van der Waals surface area (Å²) in [6.45, 7) is 5.90. The fraction of sp³-hybridized carbons (Fsp3) is 0.367. The summed E-state index contributed by atoms with van der Waals surface area (Å²) in [5.41, 5.74) is 9.64. The quantitative estimate of drug-likeness (QED) is 0.375. The van der Waals surface area contributed by atoms with E-state index in [4.69, 9.17) is 4.98 Å². The molecule has 0 fully saturated rings. The van der Waals surface area contributed by atoms with Crippen molar-refractivity contribution in [3.05, 3.63) is 82.2 Å². The number of hydrogen-bond donors (Lipinski definition) is 0. The maximum atomic E-state index is 13.7. The molecular formula is C30H35N5O. The number of carbonyl (C=O) groups is 1. The van der Waals surface area contributed by atoms with Crippen LogP contribution in [0, 0.1) is 13.8 Å². The summed E-state index contributed by atoms with van der Waals surface area (Å²) in [5.74, 6) is -0.0100. The standard InChI is InChI=1S/C30H35N5O/c1-20-8-6-11-24(14-20)29-26(17-25-16-22-9-7-10-23(22)18-27(25)31-29)19-35(13-12-33(3)4)30(36)28-15-21(2)32-34(28)5/h6,8,11,14-18H,7,9-10,12-13,19H2,1-5H3. The Balaban J connectivity index is 1.61. The zero-order valence-corrected chi connectivity index (χ0v) is 22.0. The largest absolute Gasteiger partial charge is 0.332 e. The number of benzene rings is 2. The highest BCUT2D eigenvalue weighted by Gasteiger charge is 2.23. The maximum absolute atomic E-state index is 13.7. The van der Waals surface area contributed by atoms with Crippen LogP contribution in [-0.2, 0) is 26.4 Å². The minimum Gasteiger partial charge on any atom is -0.332 e. The molecule has 0 saturated carbocycles. The summed E-state index contributed by atoms with van der Waals surface area (Å²) in [7, 11) is 5.90. The Morgan fingerprint density at radius 3 is 2.47 bits per heavy atom. The highest BCUT2D eigenvalue weighted by atomic mass is 16.2. The maximum Gasteiger partial charge on any atom is 0.272 e. The number of carbonyl (C=O) groups excluding carboxylic acids is 1. The molecule has 4 aromatic rings. The Hall–Kier alpha value is -3.51.